The smallest absolute Gasteiger partial charge is 0.344 e. The lowest BCUT2D eigenvalue weighted by Crippen LogP contribution is -2.13. The molecule has 5 nitrogen and oxygen atoms in total. The van der Waals surface area contributed by atoms with Crippen LogP contribution in [-0.4, -0.2) is 21.8 Å². The van der Waals surface area contributed by atoms with Gasteiger partial charge in [-0.25, -0.2) is 9.48 Å². The zero-order chi connectivity index (χ0) is 6.85. The summed E-state index contributed by atoms with van der Waals surface area (Å²) in [5.41, 5.74) is -0.209. The molecular formula is C4H8N4O. The molecule has 5 heteroatoms. The number of aromatic amines is 1. The van der Waals surface area contributed by atoms with Crippen LogP contribution in [0.15, 0.2) is 4.79 Å². The van der Waals surface area contributed by atoms with E-state index in [-0.39, 0.29) is 5.69 Å². The molecular weight excluding hydrogens is 120 g/mol. The molecule has 0 aromatic carbocycles. The monoisotopic (exact) mass is 128 g/mol. The molecule has 2 N–H and O–H groups in total. The Morgan fingerprint density at radius 2 is 2.44 bits per heavy atom. The first kappa shape index (κ1) is 5.87. The van der Waals surface area contributed by atoms with Gasteiger partial charge in [-0.05, 0) is 0 Å². The van der Waals surface area contributed by atoms with E-state index in [1.807, 2.05) is 0 Å². The van der Waals surface area contributed by atoms with Gasteiger partial charge in [0.15, 0.2) is 0 Å². The third kappa shape index (κ3) is 0.933. The predicted molar refractivity (Wildman–Crippen MR) is 33.4 cm³/mol. The number of hydrogen-bond donors (Lipinski definition) is 2. The maximum Gasteiger partial charge on any atom is 0.344 e. The van der Waals surface area contributed by atoms with Crippen LogP contribution in [0, 0.1) is 0 Å². The molecule has 0 unspecified atom stereocenters. The summed E-state index contributed by atoms with van der Waals surface area (Å²) < 4.78 is 1.23. The molecule has 1 aromatic rings. The Kier molecular flexibility index (Phi) is 1.26. The minimum absolute atomic E-state index is 0.209. The quantitative estimate of drug-likeness (QED) is 0.518. The van der Waals surface area contributed by atoms with Gasteiger partial charge in [0.1, 0.15) is 0 Å². The van der Waals surface area contributed by atoms with E-state index in [0.717, 1.165) is 0 Å². The summed E-state index contributed by atoms with van der Waals surface area (Å²) in [7, 11) is 3.28. The summed E-state index contributed by atoms with van der Waals surface area (Å²) in [4.78, 5) is 13.1. The van der Waals surface area contributed by atoms with E-state index < -0.39 is 0 Å². The summed E-state index contributed by atoms with van der Waals surface area (Å²) in [5.74, 6) is 0.488. The van der Waals surface area contributed by atoms with E-state index in [9.17, 15) is 4.79 Å². The molecule has 0 amide bonds. The molecule has 0 bridgehead atoms. The topological polar surface area (TPSA) is 62.7 Å². The number of rotatable bonds is 1. The van der Waals surface area contributed by atoms with Crippen molar-refractivity contribution in [2.45, 2.75) is 0 Å². The van der Waals surface area contributed by atoms with Crippen LogP contribution >= 0.6 is 0 Å². The number of nitrogens with zero attached hydrogens (tertiary/aromatic N) is 2. The van der Waals surface area contributed by atoms with Crippen molar-refractivity contribution in [3.05, 3.63) is 10.5 Å². The Labute approximate surface area is 51.7 Å². The first-order valence-electron chi connectivity index (χ1n) is 2.55. The average molecular weight is 128 g/mol. The van der Waals surface area contributed by atoms with Crippen molar-refractivity contribution in [3.8, 4) is 0 Å². The largest absolute Gasteiger partial charge is 0.358 e. The van der Waals surface area contributed by atoms with Crippen LogP contribution in [0.4, 0.5) is 5.95 Å². The SMILES string of the molecule is CNc1nn(C)c(=O)[nH]1. The lowest BCUT2D eigenvalue weighted by atomic mass is 11.0. The van der Waals surface area contributed by atoms with E-state index in [1.54, 1.807) is 14.1 Å². The Morgan fingerprint density at radius 3 is 2.67 bits per heavy atom. The Hall–Kier alpha value is -1.26. The van der Waals surface area contributed by atoms with Crippen molar-refractivity contribution in [2.24, 2.45) is 7.05 Å². The number of H-pyrrole nitrogens is 1. The third-order valence-corrected chi connectivity index (χ3v) is 1.01. The van der Waals surface area contributed by atoms with Crippen molar-refractivity contribution in [2.75, 3.05) is 12.4 Å². The number of aryl methyl sites for hydroxylation is 1. The van der Waals surface area contributed by atoms with Crippen molar-refractivity contribution in [1.82, 2.24) is 14.8 Å². The summed E-state index contributed by atoms with van der Waals surface area (Å²) in [6.45, 7) is 0. The molecule has 0 saturated heterocycles. The summed E-state index contributed by atoms with van der Waals surface area (Å²) in [6, 6.07) is 0. The van der Waals surface area contributed by atoms with Crippen LogP contribution in [0.3, 0.4) is 0 Å². The van der Waals surface area contributed by atoms with E-state index >= 15 is 0 Å². The van der Waals surface area contributed by atoms with Gasteiger partial charge in [-0.3, -0.25) is 4.98 Å². The molecule has 0 aliphatic heterocycles. The number of aromatic nitrogens is 3. The van der Waals surface area contributed by atoms with Crippen LogP contribution in [-0.2, 0) is 7.05 Å². The van der Waals surface area contributed by atoms with Crippen LogP contribution in [0.1, 0.15) is 0 Å². The molecule has 9 heavy (non-hydrogen) atoms. The molecule has 1 rings (SSSR count). The van der Waals surface area contributed by atoms with Gasteiger partial charge in [0.2, 0.25) is 5.95 Å². The molecule has 0 radical (unpaired) electrons. The van der Waals surface area contributed by atoms with Crippen molar-refractivity contribution in [1.29, 1.82) is 0 Å². The fraction of sp³-hybridized carbons (Fsp3) is 0.500. The van der Waals surface area contributed by atoms with Gasteiger partial charge in [0.05, 0.1) is 0 Å². The van der Waals surface area contributed by atoms with E-state index in [4.69, 9.17) is 0 Å². The number of nitrogens with one attached hydrogen (secondary N) is 2. The van der Waals surface area contributed by atoms with Gasteiger partial charge in [0, 0.05) is 14.1 Å². The summed E-state index contributed by atoms with van der Waals surface area (Å²) in [6.07, 6.45) is 0. The van der Waals surface area contributed by atoms with Gasteiger partial charge < -0.3 is 5.32 Å². The third-order valence-electron chi connectivity index (χ3n) is 1.01. The standard InChI is InChI=1S/C4H8N4O/c1-5-3-6-4(9)8(2)7-3/h1-2H3,(H2,5,6,7,9). The van der Waals surface area contributed by atoms with Crippen molar-refractivity contribution >= 4 is 5.95 Å². The van der Waals surface area contributed by atoms with E-state index in [0.29, 0.717) is 5.95 Å². The van der Waals surface area contributed by atoms with Gasteiger partial charge in [0.25, 0.3) is 0 Å². The van der Waals surface area contributed by atoms with Gasteiger partial charge in [-0.2, -0.15) is 0 Å². The molecule has 50 valence electrons. The fourth-order valence-electron chi connectivity index (χ4n) is 0.515. The zero-order valence-corrected chi connectivity index (χ0v) is 5.30. The minimum atomic E-state index is -0.209. The van der Waals surface area contributed by atoms with E-state index in [1.165, 1.54) is 4.68 Å². The molecule has 0 aliphatic rings. The van der Waals surface area contributed by atoms with Gasteiger partial charge in [-0.1, -0.05) is 0 Å². The van der Waals surface area contributed by atoms with E-state index in [2.05, 4.69) is 15.4 Å². The van der Waals surface area contributed by atoms with Crippen LogP contribution in [0.5, 0.6) is 0 Å². The predicted octanol–water partition coefficient (Wildman–Crippen LogP) is -0.850. The van der Waals surface area contributed by atoms with Crippen LogP contribution in [0.25, 0.3) is 0 Å². The van der Waals surface area contributed by atoms with Crippen LogP contribution < -0.4 is 11.0 Å². The van der Waals surface area contributed by atoms with Gasteiger partial charge in [-0.15, -0.1) is 5.10 Å². The lowest BCUT2D eigenvalue weighted by molar-refractivity contribution is 0.735. The molecule has 0 aliphatic carbocycles. The molecule has 0 spiro atoms. The minimum Gasteiger partial charge on any atom is -0.358 e. The maximum absolute atomic E-state index is 10.6. The highest BCUT2D eigenvalue weighted by atomic mass is 16.1. The number of anilines is 1. The second kappa shape index (κ2) is 1.93. The maximum atomic E-state index is 10.6. The molecule has 0 fully saturated rings. The van der Waals surface area contributed by atoms with Crippen molar-refractivity contribution < 1.29 is 0 Å². The fourth-order valence-corrected chi connectivity index (χ4v) is 0.515. The number of hydrogen-bond acceptors (Lipinski definition) is 3. The Bertz CT molecular complexity index is 247. The lowest BCUT2D eigenvalue weighted by Gasteiger charge is -1.85. The second-order valence-electron chi connectivity index (χ2n) is 1.65. The Morgan fingerprint density at radius 1 is 1.78 bits per heavy atom. The molecule has 0 atom stereocenters. The normalized spacial score (nSPS) is 9.56. The second-order valence-corrected chi connectivity index (χ2v) is 1.65. The first-order chi connectivity index (χ1) is 4.24. The zero-order valence-electron chi connectivity index (χ0n) is 5.30. The summed E-state index contributed by atoms with van der Waals surface area (Å²) >= 11 is 0. The van der Waals surface area contributed by atoms with Crippen molar-refractivity contribution in [3.63, 3.8) is 0 Å². The molecule has 1 aromatic heterocycles. The van der Waals surface area contributed by atoms with Crippen LogP contribution in [0.2, 0.25) is 0 Å². The molecule has 0 saturated carbocycles. The van der Waals surface area contributed by atoms with Gasteiger partial charge >= 0.3 is 5.69 Å². The Balaban J connectivity index is 3.13. The average Bonchev–Trinajstić information content (AvgIpc) is 2.13. The summed E-state index contributed by atoms with van der Waals surface area (Å²) in [5, 5.41) is 6.47. The highest BCUT2D eigenvalue weighted by molar-refractivity contribution is 5.18. The molecule has 1 heterocycles. The highest BCUT2D eigenvalue weighted by Gasteiger charge is 1.94. The first-order valence-corrected chi connectivity index (χ1v) is 2.55. The highest BCUT2D eigenvalue weighted by Crippen LogP contribution is 1.84.